The summed E-state index contributed by atoms with van der Waals surface area (Å²) in [7, 11) is 1.79. The maximum absolute atomic E-state index is 11.4. The highest BCUT2D eigenvalue weighted by molar-refractivity contribution is 9.13. The summed E-state index contributed by atoms with van der Waals surface area (Å²) in [6.45, 7) is 2.02. The van der Waals surface area contributed by atoms with E-state index < -0.39 is 0 Å². The van der Waals surface area contributed by atoms with E-state index in [1.165, 1.54) is 0 Å². The average Bonchev–Trinajstić information content (AvgIpc) is 2.44. The van der Waals surface area contributed by atoms with Gasteiger partial charge in [-0.15, -0.1) is 0 Å². The predicted octanol–water partition coefficient (Wildman–Crippen LogP) is 0.893. The fourth-order valence-electron chi connectivity index (χ4n) is 1.35. The van der Waals surface area contributed by atoms with Crippen LogP contribution in [-0.4, -0.2) is 22.2 Å². The molecule has 0 radical (unpaired) electrons. The van der Waals surface area contributed by atoms with Crippen LogP contribution in [0.5, 0.6) is 0 Å². The normalized spacial score (nSPS) is 10.6. The SMILES string of the molecule is CCOC(=O)Cn1c(Br)c(Br)[n+](C)c1CO. The van der Waals surface area contributed by atoms with Crippen LogP contribution in [0.15, 0.2) is 9.21 Å². The number of hydrogen-bond acceptors (Lipinski definition) is 3. The number of nitrogens with zero attached hydrogens (tertiary/aromatic N) is 2. The lowest BCUT2D eigenvalue weighted by Crippen LogP contribution is -2.34. The highest BCUT2D eigenvalue weighted by Gasteiger charge is 2.26. The molecule has 0 unspecified atom stereocenters. The molecule has 1 N–H and O–H groups in total. The molecule has 0 saturated heterocycles. The Morgan fingerprint density at radius 2 is 2.19 bits per heavy atom. The molecule has 0 aliphatic heterocycles. The molecule has 1 aromatic heterocycles. The Bertz CT molecular complexity index is 404. The Balaban J connectivity index is 3.03. The van der Waals surface area contributed by atoms with Crippen molar-refractivity contribution in [3.05, 3.63) is 15.0 Å². The van der Waals surface area contributed by atoms with Crippen molar-refractivity contribution in [2.24, 2.45) is 7.05 Å². The molecule has 0 atom stereocenters. The third-order valence-corrected chi connectivity index (χ3v) is 4.38. The number of carbonyl (C=O) groups excluding carboxylic acids is 1. The molecule has 0 aromatic carbocycles. The lowest BCUT2D eigenvalue weighted by atomic mass is 10.5. The van der Waals surface area contributed by atoms with Crippen molar-refractivity contribution in [2.75, 3.05) is 6.61 Å². The smallest absolute Gasteiger partial charge is 0.348 e. The van der Waals surface area contributed by atoms with Crippen molar-refractivity contribution >= 4 is 37.8 Å². The van der Waals surface area contributed by atoms with E-state index in [2.05, 4.69) is 31.9 Å². The minimum absolute atomic E-state index is 0.0732. The molecule has 1 rings (SSSR count). The number of hydrogen-bond donors (Lipinski definition) is 1. The van der Waals surface area contributed by atoms with Gasteiger partial charge in [0.05, 0.1) is 13.7 Å². The molecule has 1 heterocycles. The molecule has 16 heavy (non-hydrogen) atoms. The zero-order valence-corrected chi connectivity index (χ0v) is 12.2. The van der Waals surface area contributed by atoms with Crippen molar-refractivity contribution < 1.29 is 19.2 Å². The zero-order chi connectivity index (χ0) is 12.3. The summed E-state index contributed by atoms with van der Waals surface area (Å²) in [5.74, 6) is 0.285. The third-order valence-electron chi connectivity index (χ3n) is 2.13. The second-order valence-corrected chi connectivity index (χ2v) is 4.61. The fraction of sp³-hybridized carbons (Fsp3) is 0.556. The van der Waals surface area contributed by atoms with E-state index in [1.807, 2.05) is 0 Å². The van der Waals surface area contributed by atoms with E-state index in [1.54, 1.807) is 23.1 Å². The van der Waals surface area contributed by atoms with Crippen molar-refractivity contribution in [2.45, 2.75) is 20.1 Å². The van der Waals surface area contributed by atoms with Gasteiger partial charge in [0, 0.05) is 31.9 Å². The lowest BCUT2D eigenvalue weighted by Gasteiger charge is -2.01. The first-order valence-corrected chi connectivity index (χ1v) is 6.30. The number of halogens is 2. The summed E-state index contributed by atoms with van der Waals surface area (Å²) in [5, 5.41) is 9.24. The second-order valence-electron chi connectivity index (χ2n) is 3.11. The van der Waals surface area contributed by atoms with Gasteiger partial charge in [-0.25, -0.2) is 13.9 Å². The van der Waals surface area contributed by atoms with Gasteiger partial charge in [0.15, 0.2) is 6.54 Å². The van der Waals surface area contributed by atoms with Crippen LogP contribution in [-0.2, 0) is 29.7 Å². The minimum atomic E-state index is -0.332. The van der Waals surface area contributed by atoms with E-state index in [0.717, 1.165) is 4.60 Å². The average molecular weight is 357 g/mol. The van der Waals surface area contributed by atoms with Crippen molar-refractivity contribution in [3.63, 3.8) is 0 Å². The summed E-state index contributed by atoms with van der Waals surface area (Å²) >= 11 is 6.70. The van der Waals surface area contributed by atoms with Gasteiger partial charge in [-0.2, -0.15) is 0 Å². The largest absolute Gasteiger partial charge is 0.463 e. The number of imidazole rings is 1. The van der Waals surface area contributed by atoms with Crippen molar-refractivity contribution in [1.29, 1.82) is 0 Å². The summed E-state index contributed by atoms with van der Waals surface area (Å²) in [6.07, 6.45) is 0. The molecule has 0 aliphatic rings. The number of esters is 1. The van der Waals surface area contributed by atoms with E-state index in [-0.39, 0.29) is 19.1 Å². The number of aliphatic hydroxyl groups excluding tert-OH is 1. The number of aromatic nitrogens is 2. The minimum Gasteiger partial charge on any atom is -0.463 e. The van der Waals surface area contributed by atoms with Crippen LogP contribution in [0.25, 0.3) is 0 Å². The number of aliphatic hydroxyl groups is 1. The summed E-state index contributed by atoms with van der Waals surface area (Å²) in [6, 6.07) is 0. The van der Waals surface area contributed by atoms with Crippen molar-refractivity contribution in [1.82, 2.24) is 4.57 Å². The fourth-order valence-corrected chi connectivity index (χ4v) is 2.36. The van der Waals surface area contributed by atoms with Crippen molar-refractivity contribution in [3.8, 4) is 0 Å². The topological polar surface area (TPSA) is 55.3 Å². The molecule has 0 saturated carbocycles. The van der Waals surface area contributed by atoms with Gasteiger partial charge in [0.1, 0.15) is 6.61 Å². The highest BCUT2D eigenvalue weighted by atomic mass is 79.9. The first-order valence-electron chi connectivity index (χ1n) is 4.71. The quantitative estimate of drug-likeness (QED) is 0.644. The van der Waals surface area contributed by atoms with Gasteiger partial charge < -0.3 is 9.84 Å². The van der Waals surface area contributed by atoms with Gasteiger partial charge in [0.25, 0.3) is 5.82 Å². The first-order chi connectivity index (χ1) is 7.52. The zero-order valence-electron chi connectivity index (χ0n) is 9.04. The summed E-state index contributed by atoms with van der Waals surface area (Å²) in [4.78, 5) is 11.4. The monoisotopic (exact) mass is 355 g/mol. The van der Waals surface area contributed by atoms with Crippen LogP contribution in [0.1, 0.15) is 12.7 Å². The summed E-state index contributed by atoms with van der Waals surface area (Å²) in [5.41, 5.74) is 0. The Hall–Kier alpha value is -0.400. The van der Waals surface area contributed by atoms with E-state index in [4.69, 9.17) is 4.74 Å². The van der Waals surface area contributed by atoms with Gasteiger partial charge in [-0.3, -0.25) is 0 Å². The molecule has 90 valence electrons. The summed E-state index contributed by atoms with van der Waals surface area (Å²) < 4.78 is 9.74. The Morgan fingerprint density at radius 3 is 2.69 bits per heavy atom. The maximum Gasteiger partial charge on any atom is 0.348 e. The van der Waals surface area contributed by atoms with E-state index >= 15 is 0 Å². The predicted molar refractivity (Wildman–Crippen MR) is 63.6 cm³/mol. The first kappa shape index (κ1) is 13.7. The highest BCUT2D eigenvalue weighted by Crippen LogP contribution is 2.22. The van der Waals surface area contributed by atoms with Crippen LogP contribution in [0.4, 0.5) is 0 Å². The molecule has 1 aromatic rings. The van der Waals surface area contributed by atoms with Gasteiger partial charge in [-0.05, 0) is 6.92 Å². The molecular weight excluding hydrogens is 344 g/mol. The molecule has 0 amide bonds. The number of ether oxygens (including phenoxy) is 1. The lowest BCUT2D eigenvalue weighted by molar-refractivity contribution is -0.691. The number of rotatable bonds is 4. The second kappa shape index (κ2) is 5.79. The standard InChI is InChI=1S/C9H13Br2N2O3/c1-3-16-7(15)4-13-6(5-14)12(2)8(10)9(13)11/h14H,3-5H2,1-2H3/q+1. The maximum atomic E-state index is 11.4. The van der Waals surface area contributed by atoms with Crippen LogP contribution in [0, 0.1) is 0 Å². The Kier molecular flexibility index (Phi) is 4.94. The van der Waals surface area contributed by atoms with Crippen LogP contribution < -0.4 is 4.57 Å². The van der Waals surface area contributed by atoms with E-state index in [9.17, 15) is 9.90 Å². The van der Waals surface area contributed by atoms with Gasteiger partial charge in [-0.1, -0.05) is 0 Å². The molecule has 5 nitrogen and oxygen atoms in total. The molecular formula is C9H13Br2N2O3+. The molecule has 7 heteroatoms. The van der Waals surface area contributed by atoms with Crippen LogP contribution in [0.2, 0.25) is 0 Å². The van der Waals surface area contributed by atoms with Crippen LogP contribution >= 0.6 is 31.9 Å². The Labute approximate surface area is 110 Å². The Morgan fingerprint density at radius 1 is 1.56 bits per heavy atom. The molecule has 0 aliphatic carbocycles. The molecule has 0 bridgehead atoms. The molecule has 0 spiro atoms. The number of carbonyl (C=O) groups is 1. The van der Waals surface area contributed by atoms with E-state index in [0.29, 0.717) is 17.0 Å². The van der Waals surface area contributed by atoms with Crippen LogP contribution in [0.3, 0.4) is 0 Å². The molecule has 0 fully saturated rings. The third kappa shape index (κ3) is 2.64. The van der Waals surface area contributed by atoms with Gasteiger partial charge >= 0.3 is 5.97 Å². The van der Waals surface area contributed by atoms with Gasteiger partial charge in [0.2, 0.25) is 9.21 Å².